The lowest BCUT2D eigenvalue weighted by molar-refractivity contribution is 0.460. The summed E-state index contributed by atoms with van der Waals surface area (Å²) in [4.78, 5) is 4.09. The number of hydrogen-bond donors (Lipinski definition) is 1. The normalized spacial score (nSPS) is 10.1. The average molecular weight is 214 g/mol. The Morgan fingerprint density at radius 1 is 1.12 bits per heavy atom. The number of hydrogen-bond acceptors (Lipinski definition) is 3. The highest BCUT2D eigenvalue weighted by Crippen LogP contribution is 2.24. The van der Waals surface area contributed by atoms with Crippen LogP contribution in [0.25, 0.3) is 0 Å². The first-order chi connectivity index (χ1) is 7.65. The minimum absolute atomic E-state index is 0.461. The van der Waals surface area contributed by atoms with Gasteiger partial charge >= 0.3 is 0 Å². The van der Waals surface area contributed by atoms with Gasteiger partial charge in [-0.2, -0.15) is 4.98 Å². The fraction of sp³-hybridized carbons (Fsp3) is 0.154. The predicted octanol–water partition coefficient (Wildman–Crippen LogP) is 3.07. The molecule has 1 heterocycles. The van der Waals surface area contributed by atoms with Crippen molar-refractivity contribution in [2.75, 3.05) is 5.73 Å². The number of nitrogens with two attached hydrogens (primary N) is 1. The Balaban J connectivity index is 2.30. The van der Waals surface area contributed by atoms with E-state index in [9.17, 15) is 0 Å². The number of rotatable bonds is 2. The van der Waals surface area contributed by atoms with E-state index in [0.29, 0.717) is 11.7 Å². The summed E-state index contributed by atoms with van der Waals surface area (Å²) < 4.78 is 5.68. The van der Waals surface area contributed by atoms with E-state index in [2.05, 4.69) is 11.1 Å². The van der Waals surface area contributed by atoms with Crippen LogP contribution in [0.4, 0.5) is 5.82 Å². The Morgan fingerprint density at radius 2 is 1.94 bits per heavy atom. The first kappa shape index (κ1) is 10.5. The lowest BCUT2D eigenvalue weighted by Gasteiger charge is -2.08. The third-order valence-corrected chi connectivity index (χ3v) is 2.30. The van der Waals surface area contributed by atoms with Crippen molar-refractivity contribution < 1.29 is 4.74 Å². The van der Waals surface area contributed by atoms with Crippen LogP contribution >= 0.6 is 0 Å². The van der Waals surface area contributed by atoms with Crippen molar-refractivity contribution in [2.24, 2.45) is 0 Å². The predicted molar refractivity (Wildman–Crippen MR) is 64.6 cm³/mol. The molecule has 0 saturated carbocycles. The van der Waals surface area contributed by atoms with Crippen LogP contribution in [0.15, 0.2) is 36.4 Å². The highest BCUT2D eigenvalue weighted by molar-refractivity contribution is 5.39. The average Bonchev–Trinajstić information content (AvgIpc) is 2.24. The number of aromatic nitrogens is 1. The zero-order valence-corrected chi connectivity index (χ0v) is 9.40. The van der Waals surface area contributed by atoms with Crippen molar-refractivity contribution >= 4 is 5.82 Å². The summed E-state index contributed by atoms with van der Waals surface area (Å²) in [6.07, 6.45) is 0. The zero-order chi connectivity index (χ0) is 11.5. The molecule has 0 unspecified atom stereocenters. The van der Waals surface area contributed by atoms with Gasteiger partial charge in [0.05, 0.1) is 0 Å². The molecule has 0 saturated heterocycles. The molecule has 0 bridgehead atoms. The largest absolute Gasteiger partial charge is 0.439 e. The van der Waals surface area contributed by atoms with Crippen molar-refractivity contribution in [2.45, 2.75) is 13.8 Å². The van der Waals surface area contributed by atoms with Crippen molar-refractivity contribution in [3.05, 3.63) is 47.5 Å². The van der Waals surface area contributed by atoms with Crippen LogP contribution in [-0.4, -0.2) is 4.98 Å². The van der Waals surface area contributed by atoms with Crippen LogP contribution in [0.3, 0.4) is 0 Å². The molecule has 0 amide bonds. The van der Waals surface area contributed by atoms with Gasteiger partial charge in [-0.05, 0) is 37.1 Å². The molecule has 0 aliphatic rings. The van der Waals surface area contributed by atoms with E-state index in [1.807, 2.05) is 32.0 Å². The summed E-state index contributed by atoms with van der Waals surface area (Å²) in [5.74, 6) is 1.80. The van der Waals surface area contributed by atoms with E-state index in [1.54, 1.807) is 12.1 Å². The monoisotopic (exact) mass is 214 g/mol. The Labute approximate surface area is 94.9 Å². The summed E-state index contributed by atoms with van der Waals surface area (Å²) in [5, 5.41) is 0. The van der Waals surface area contributed by atoms with Gasteiger partial charge in [0.15, 0.2) is 0 Å². The van der Waals surface area contributed by atoms with E-state index in [0.717, 1.165) is 16.9 Å². The molecule has 3 heteroatoms. The first-order valence-electron chi connectivity index (χ1n) is 5.13. The van der Waals surface area contributed by atoms with Crippen LogP contribution in [0, 0.1) is 13.8 Å². The number of nitrogen functional groups attached to an aromatic ring is 1. The maximum atomic E-state index is 5.68. The molecule has 82 valence electrons. The number of pyridine rings is 1. The summed E-state index contributed by atoms with van der Waals surface area (Å²) >= 11 is 0. The molecule has 0 fully saturated rings. The second-order valence-electron chi connectivity index (χ2n) is 3.77. The fourth-order valence-corrected chi connectivity index (χ4v) is 1.42. The maximum Gasteiger partial charge on any atom is 0.221 e. The molecule has 0 radical (unpaired) electrons. The topological polar surface area (TPSA) is 48.1 Å². The SMILES string of the molecule is Cc1ccc(C)c(Oc2cccc(N)n2)c1. The quantitative estimate of drug-likeness (QED) is 0.835. The first-order valence-corrected chi connectivity index (χ1v) is 5.13. The highest BCUT2D eigenvalue weighted by Gasteiger charge is 2.02. The van der Waals surface area contributed by atoms with Gasteiger partial charge in [-0.25, -0.2) is 0 Å². The summed E-state index contributed by atoms with van der Waals surface area (Å²) in [5.41, 5.74) is 7.82. The minimum Gasteiger partial charge on any atom is -0.439 e. The van der Waals surface area contributed by atoms with Gasteiger partial charge in [-0.1, -0.05) is 18.2 Å². The molecule has 2 aromatic rings. The molecule has 0 aliphatic heterocycles. The van der Waals surface area contributed by atoms with E-state index in [4.69, 9.17) is 10.5 Å². The van der Waals surface area contributed by atoms with Crippen molar-refractivity contribution in [3.8, 4) is 11.6 Å². The molecule has 1 aromatic heterocycles. The van der Waals surface area contributed by atoms with Crippen LogP contribution in [0.2, 0.25) is 0 Å². The third-order valence-electron chi connectivity index (χ3n) is 2.30. The molecule has 2 N–H and O–H groups in total. The fourth-order valence-electron chi connectivity index (χ4n) is 1.42. The minimum atomic E-state index is 0.461. The molecular weight excluding hydrogens is 200 g/mol. The van der Waals surface area contributed by atoms with Gasteiger partial charge < -0.3 is 10.5 Å². The molecule has 1 aromatic carbocycles. The van der Waals surface area contributed by atoms with E-state index >= 15 is 0 Å². The second kappa shape index (κ2) is 4.23. The highest BCUT2D eigenvalue weighted by atomic mass is 16.5. The molecule has 0 spiro atoms. The molecule has 0 aliphatic carbocycles. The van der Waals surface area contributed by atoms with Gasteiger partial charge in [-0.15, -0.1) is 0 Å². The summed E-state index contributed by atoms with van der Waals surface area (Å²) in [6, 6.07) is 11.4. The number of aryl methyl sites for hydroxylation is 2. The van der Waals surface area contributed by atoms with Gasteiger partial charge in [0.25, 0.3) is 0 Å². The number of nitrogens with zero attached hydrogens (tertiary/aromatic N) is 1. The van der Waals surface area contributed by atoms with Crippen LogP contribution < -0.4 is 10.5 Å². The smallest absolute Gasteiger partial charge is 0.221 e. The van der Waals surface area contributed by atoms with Gasteiger partial charge in [0.1, 0.15) is 11.6 Å². The lowest BCUT2D eigenvalue weighted by atomic mass is 10.1. The number of benzene rings is 1. The second-order valence-corrected chi connectivity index (χ2v) is 3.77. The van der Waals surface area contributed by atoms with Crippen molar-refractivity contribution in [1.82, 2.24) is 4.98 Å². The summed E-state index contributed by atoms with van der Waals surface area (Å²) in [6.45, 7) is 4.03. The Bertz CT molecular complexity index is 509. The third kappa shape index (κ3) is 2.31. The van der Waals surface area contributed by atoms with Crippen molar-refractivity contribution in [3.63, 3.8) is 0 Å². The molecule has 0 atom stereocenters. The number of anilines is 1. The molecule has 2 rings (SSSR count). The Morgan fingerprint density at radius 3 is 2.69 bits per heavy atom. The zero-order valence-electron chi connectivity index (χ0n) is 9.40. The van der Waals surface area contributed by atoms with Crippen molar-refractivity contribution in [1.29, 1.82) is 0 Å². The summed E-state index contributed by atoms with van der Waals surface area (Å²) in [7, 11) is 0. The standard InChI is InChI=1S/C13H14N2O/c1-9-6-7-10(2)11(8-9)16-13-5-3-4-12(14)15-13/h3-8H,1-2H3,(H2,14,15). The Kier molecular flexibility index (Phi) is 2.77. The van der Waals surface area contributed by atoms with Gasteiger partial charge in [0, 0.05) is 6.07 Å². The number of ether oxygens (including phenoxy) is 1. The van der Waals surface area contributed by atoms with E-state index in [1.165, 1.54) is 0 Å². The van der Waals surface area contributed by atoms with Crippen LogP contribution in [0.5, 0.6) is 11.6 Å². The Hall–Kier alpha value is -2.03. The van der Waals surface area contributed by atoms with E-state index in [-0.39, 0.29) is 0 Å². The van der Waals surface area contributed by atoms with Crippen LogP contribution in [0.1, 0.15) is 11.1 Å². The lowest BCUT2D eigenvalue weighted by Crippen LogP contribution is -1.94. The molecule has 3 nitrogen and oxygen atoms in total. The van der Waals surface area contributed by atoms with E-state index < -0.39 is 0 Å². The maximum absolute atomic E-state index is 5.68. The van der Waals surface area contributed by atoms with Gasteiger partial charge in [0.2, 0.25) is 5.88 Å². The molecular formula is C13H14N2O. The van der Waals surface area contributed by atoms with Crippen LogP contribution in [-0.2, 0) is 0 Å². The molecule has 16 heavy (non-hydrogen) atoms. The van der Waals surface area contributed by atoms with Gasteiger partial charge in [-0.3, -0.25) is 0 Å².